The van der Waals surface area contributed by atoms with Gasteiger partial charge in [0.05, 0.1) is 0 Å². The maximum absolute atomic E-state index is 11.3. The van der Waals surface area contributed by atoms with Crippen molar-refractivity contribution in [2.45, 2.75) is 64.0 Å². The quantitative estimate of drug-likeness (QED) is 0.920. The molecule has 1 fully saturated rings. The molecule has 0 aromatic carbocycles. The second-order valence-corrected chi connectivity index (χ2v) is 6.51. The number of likely N-dealkylation sites (tertiary alicyclic amines) is 1. The first-order valence-electron chi connectivity index (χ1n) is 7.97. The molecule has 3 heterocycles. The van der Waals surface area contributed by atoms with Gasteiger partial charge in [-0.1, -0.05) is 0 Å². The molecule has 116 valence electrons. The summed E-state index contributed by atoms with van der Waals surface area (Å²) < 4.78 is 2.08. The fourth-order valence-electron chi connectivity index (χ4n) is 3.61. The Bertz CT molecular complexity index is 518. The summed E-state index contributed by atoms with van der Waals surface area (Å²) in [6.07, 6.45) is 3.77. The highest BCUT2D eigenvalue weighted by Gasteiger charge is 2.33. The lowest BCUT2D eigenvalue weighted by Crippen LogP contribution is -2.38. The van der Waals surface area contributed by atoms with Gasteiger partial charge < -0.3 is 14.6 Å². The zero-order chi connectivity index (χ0) is 15.0. The number of nitrogens with zero attached hydrogens (tertiary/aromatic N) is 4. The minimum absolute atomic E-state index is 0.425. The molecule has 0 amide bonds. The second kappa shape index (κ2) is 5.75. The topological polar surface area (TPSA) is 71.2 Å². The van der Waals surface area contributed by atoms with Gasteiger partial charge in [0.15, 0.2) is 0 Å². The van der Waals surface area contributed by atoms with Crippen LogP contribution in [0.2, 0.25) is 0 Å². The standard InChI is InChI=1S/C15H24N4O2/c1-10(2)18-8-5-11(6-9-18)13-16-17-14-12(15(20)21)4-3-7-19(13)14/h10-12H,3-9H2,1-2H3,(H,20,21). The number of piperidine rings is 1. The van der Waals surface area contributed by atoms with Gasteiger partial charge in [-0.3, -0.25) is 4.79 Å². The summed E-state index contributed by atoms with van der Waals surface area (Å²) in [6.45, 7) is 7.51. The molecule has 0 radical (unpaired) electrons. The lowest BCUT2D eigenvalue weighted by atomic mass is 9.93. The Morgan fingerprint density at radius 3 is 2.43 bits per heavy atom. The van der Waals surface area contributed by atoms with E-state index in [0.29, 0.717) is 24.2 Å². The van der Waals surface area contributed by atoms with Crippen LogP contribution >= 0.6 is 0 Å². The summed E-state index contributed by atoms with van der Waals surface area (Å²) >= 11 is 0. The maximum atomic E-state index is 11.3. The van der Waals surface area contributed by atoms with Crippen molar-refractivity contribution in [2.75, 3.05) is 13.1 Å². The van der Waals surface area contributed by atoms with Crippen LogP contribution in [-0.4, -0.2) is 49.9 Å². The van der Waals surface area contributed by atoms with Crippen LogP contribution in [0, 0.1) is 0 Å². The highest BCUT2D eigenvalue weighted by Crippen LogP contribution is 2.33. The zero-order valence-electron chi connectivity index (χ0n) is 12.8. The maximum Gasteiger partial charge on any atom is 0.314 e. The summed E-state index contributed by atoms with van der Waals surface area (Å²) in [5.74, 6) is 0.850. The van der Waals surface area contributed by atoms with E-state index in [9.17, 15) is 9.90 Å². The van der Waals surface area contributed by atoms with Gasteiger partial charge in [-0.25, -0.2) is 0 Å². The summed E-state index contributed by atoms with van der Waals surface area (Å²) in [5.41, 5.74) is 0. The molecule has 1 N–H and O–H groups in total. The van der Waals surface area contributed by atoms with Gasteiger partial charge >= 0.3 is 5.97 Å². The molecule has 0 spiro atoms. The van der Waals surface area contributed by atoms with Crippen LogP contribution < -0.4 is 0 Å². The van der Waals surface area contributed by atoms with Crippen LogP contribution in [0.1, 0.15) is 63.0 Å². The molecule has 1 aromatic heterocycles. The monoisotopic (exact) mass is 292 g/mol. The third kappa shape index (κ3) is 2.69. The third-order valence-corrected chi connectivity index (χ3v) is 4.92. The minimum Gasteiger partial charge on any atom is -0.481 e. The van der Waals surface area contributed by atoms with Gasteiger partial charge in [0.25, 0.3) is 0 Å². The Morgan fingerprint density at radius 2 is 1.81 bits per heavy atom. The van der Waals surface area contributed by atoms with E-state index in [1.165, 1.54) is 0 Å². The lowest BCUT2D eigenvalue weighted by Gasteiger charge is -2.34. The smallest absolute Gasteiger partial charge is 0.314 e. The van der Waals surface area contributed by atoms with Gasteiger partial charge in [-0.05, 0) is 52.6 Å². The number of fused-ring (bicyclic) bond motifs is 1. The van der Waals surface area contributed by atoms with Crippen molar-refractivity contribution in [1.29, 1.82) is 0 Å². The number of carbonyl (C=O) groups is 1. The third-order valence-electron chi connectivity index (χ3n) is 4.92. The van der Waals surface area contributed by atoms with Gasteiger partial charge in [0.2, 0.25) is 0 Å². The normalized spacial score (nSPS) is 24.2. The molecule has 1 atom stereocenters. The summed E-state index contributed by atoms with van der Waals surface area (Å²) in [6, 6.07) is 0.592. The number of carboxylic acid groups (broad SMARTS) is 1. The van der Waals surface area contributed by atoms with Crippen LogP contribution in [0.25, 0.3) is 0 Å². The summed E-state index contributed by atoms with van der Waals surface area (Å²) in [5, 5.41) is 17.9. The molecule has 6 nitrogen and oxygen atoms in total. The van der Waals surface area contributed by atoms with E-state index >= 15 is 0 Å². The van der Waals surface area contributed by atoms with Crippen molar-refractivity contribution in [3.63, 3.8) is 0 Å². The van der Waals surface area contributed by atoms with Crippen molar-refractivity contribution < 1.29 is 9.90 Å². The Balaban J connectivity index is 1.78. The van der Waals surface area contributed by atoms with E-state index in [0.717, 1.165) is 44.7 Å². The van der Waals surface area contributed by atoms with E-state index in [-0.39, 0.29) is 0 Å². The molecule has 2 aliphatic rings. The second-order valence-electron chi connectivity index (χ2n) is 6.51. The molecule has 3 rings (SSSR count). The van der Waals surface area contributed by atoms with Crippen LogP contribution in [0.5, 0.6) is 0 Å². The number of hydrogen-bond acceptors (Lipinski definition) is 4. The molecule has 0 aliphatic carbocycles. The average molecular weight is 292 g/mol. The summed E-state index contributed by atoms with van der Waals surface area (Å²) in [7, 11) is 0. The molecule has 1 unspecified atom stereocenters. The first-order chi connectivity index (χ1) is 10.1. The molecule has 21 heavy (non-hydrogen) atoms. The van der Waals surface area contributed by atoms with Crippen molar-refractivity contribution in [1.82, 2.24) is 19.7 Å². The molecule has 0 bridgehead atoms. The van der Waals surface area contributed by atoms with E-state index in [1.54, 1.807) is 0 Å². The molecule has 6 heteroatoms. The predicted molar refractivity (Wildman–Crippen MR) is 78.3 cm³/mol. The molecule has 1 saturated heterocycles. The first-order valence-corrected chi connectivity index (χ1v) is 7.97. The predicted octanol–water partition coefficient (Wildman–Crippen LogP) is 1.83. The molecular formula is C15H24N4O2. The minimum atomic E-state index is -0.774. The Hall–Kier alpha value is -1.43. The van der Waals surface area contributed by atoms with Crippen LogP contribution in [0.4, 0.5) is 0 Å². The fraction of sp³-hybridized carbons (Fsp3) is 0.800. The fourth-order valence-corrected chi connectivity index (χ4v) is 3.61. The largest absolute Gasteiger partial charge is 0.481 e. The number of hydrogen-bond donors (Lipinski definition) is 1. The average Bonchev–Trinajstić information content (AvgIpc) is 2.90. The van der Waals surface area contributed by atoms with Crippen LogP contribution in [0.3, 0.4) is 0 Å². The van der Waals surface area contributed by atoms with Gasteiger partial charge in [-0.15, -0.1) is 10.2 Å². The first kappa shape index (κ1) is 14.5. The molecule has 2 aliphatic heterocycles. The Kier molecular flexibility index (Phi) is 3.97. The number of rotatable bonds is 3. The van der Waals surface area contributed by atoms with Gasteiger partial charge in [0, 0.05) is 18.5 Å². The Labute approximate surface area is 125 Å². The van der Waals surface area contributed by atoms with Crippen molar-refractivity contribution in [2.24, 2.45) is 0 Å². The SMILES string of the molecule is CC(C)N1CCC(c2nnc3n2CCCC3C(=O)O)CC1. The van der Waals surface area contributed by atoms with Crippen molar-refractivity contribution >= 4 is 5.97 Å². The summed E-state index contributed by atoms with van der Waals surface area (Å²) in [4.78, 5) is 13.8. The lowest BCUT2D eigenvalue weighted by molar-refractivity contribution is -0.139. The van der Waals surface area contributed by atoms with Gasteiger partial charge in [0.1, 0.15) is 17.6 Å². The van der Waals surface area contributed by atoms with E-state index in [1.807, 2.05) is 0 Å². The van der Waals surface area contributed by atoms with E-state index < -0.39 is 11.9 Å². The molecular weight excluding hydrogens is 268 g/mol. The number of carboxylic acids is 1. The zero-order valence-corrected chi connectivity index (χ0v) is 12.8. The highest BCUT2D eigenvalue weighted by atomic mass is 16.4. The van der Waals surface area contributed by atoms with Crippen molar-refractivity contribution in [3.8, 4) is 0 Å². The van der Waals surface area contributed by atoms with E-state index in [4.69, 9.17) is 0 Å². The van der Waals surface area contributed by atoms with Crippen molar-refractivity contribution in [3.05, 3.63) is 11.6 Å². The van der Waals surface area contributed by atoms with Crippen LogP contribution in [0.15, 0.2) is 0 Å². The van der Waals surface area contributed by atoms with Gasteiger partial charge in [-0.2, -0.15) is 0 Å². The highest BCUT2D eigenvalue weighted by molar-refractivity contribution is 5.75. The molecule has 0 saturated carbocycles. The molecule has 1 aromatic rings. The number of aromatic nitrogens is 3. The van der Waals surface area contributed by atoms with E-state index in [2.05, 4.69) is 33.5 Å². The Morgan fingerprint density at radius 1 is 1.14 bits per heavy atom. The van der Waals surface area contributed by atoms with Crippen LogP contribution in [-0.2, 0) is 11.3 Å². The number of aliphatic carboxylic acids is 1.